The molecule has 1 saturated heterocycles. The van der Waals surface area contributed by atoms with Crippen LogP contribution in [0.15, 0.2) is 42.5 Å². The van der Waals surface area contributed by atoms with Crippen LogP contribution >= 0.6 is 45.8 Å². The molecule has 0 radical (unpaired) electrons. The fraction of sp³-hybridized carbons (Fsp3) is 0.455. The summed E-state index contributed by atoms with van der Waals surface area (Å²) in [5.74, 6) is 0. The zero-order valence-corrected chi connectivity index (χ0v) is 19.0. The first kappa shape index (κ1) is 19.8. The Labute approximate surface area is 185 Å². The van der Waals surface area contributed by atoms with Crippen LogP contribution in [-0.4, -0.2) is 18.6 Å². The number of hydrogen-bond donors (Lipinski definition) is 1. The Hall–Kier alpha value is -0.490. The van der Waals surface area contributed by atoms with Crippen molar-refractivity contribution < 1.29 is 0 Å². The van der Waals surface area contributed by atoms with Crippen molar-refractivity contribution in [3.8, 4) is 0 Å². The molecular weight excluding hydrogens is 490 g/mol. The predicted octanol–water partition coefficient (Wildman–Crippen LogP) is 6.84. The zero-order chi connectivity index (χ0) is 18.8. The second-order valence-corrected chi connectivity index (χ2v) is 9.82. The van der Waals surface area contributed by atoms with Gasteiger partial charge >= 0.3 is 0 Å². The molecule has 0 bridgehead atoms. The maximum atomic E-state index is 6.57. The van der Waals surface area contributed by atoms with Gasteiger partial charge in [-0.15, -0.1) is 0 Å². The van der Waals surface area contributed by atoms with Crippen LogP contribution in [-0.2, 0) is 0 Å². The molecule has 5 heteroatoms. The van der Waals surface area contributed by atoms with Gasteiger partial charge in [-0.25, -0.2) is 0 Å². The topological polar surface area (TPSA) is 15.3 Å². The van der Waals surface area contributed by atoms with Crippen molar-refractivity contribution in [1.82, 2.24) is 5.32 Å². The highest BCUT2D eigenvalue weighted by atomic mass is 127. The first-order chi connectivity index (χ1) is 13.1. The van der Waals surface area contributed by atoms with Gasteiger partial charge in [-0.05, 0) is 84.2 Å². The van der Waals surface area contributed by atoms with E-state index in [1.54, 1.807) is 0 Å². The summed E-state index contributed by atoms with van der Waals surface area (Å²) < 4.78 is 1.27. The van der Waals surface area contributed by atoms with E-state index in [1.165, 1.54) is 34.8 Å². The fourth-order valence-corrected chi connectivity index (χ4v) is 5.42. The summed E-state index contributed by atoms with van der Waals surface area (Å²) in [6, 6.07) is 16.4. The molecular formula is C22H25Cl2IN2. The number of hydrogen-bond acceptors (Lipinski definition) is 2. The third-order valence-electron chi connectivity index (χ3n) is 5.90. The van der Waals surface area contributed by atoms with Crippen molar-refractivity contribution in [2.75, 3.05) is 11.4 Å². The molecule has 1 aliphatic carbocycles. The highest BCUT2D eigenvalue weighted by molar-refractivity contribution is 14.1. The smallest absolute Gasteiger partial charge is 0.0654 e. The normalized spacial score (nSPS) is 23.7. The van der Waals surface area contributed by atoms with E-state index in [4.69, 9.17) is 23.2 Å². The van der Waals surface area contributed by atoms with Gasteiger partial charge in [-0.2, -0.15) is 0 Å². The first-order valence-corrected chi connectivity index (χ1v) is 11.7. The van der Waals surface area contributed by atoms with Crippen molar-refractivity contribution in [3.05, 3.63) is 61.6 Å². The Kier molecular flexibility index (Phi) is 6.53. The van der Waals surface area contributed by atoms with Crippen molar-refractivity contribution >= 4 is 51.5 Å². The van der Waals surface area contributed by atoms with Crippen molar-refractivity contribution in [2.24, 2.45) is 0 Å². The Morgan fingerprint density at radius 2 is 1.67 bits per heavy atom. The summed E-state index contributed by atoms with van der Waals surface area (Å²) in [6.07, 6.45) is 7.66. The zero-order valence-electron chi connectivity index (χ0n) is 15.3. The molecule has 0 amide bonds. The van der Waals surface area contributed by atoms with Gasteiger partial charge in [0.1, 0.15) is 0 Å². The van der Waals surface area contributed by atoms with Crippen LogP contribution in [0.3, 0.4) is 0 Å². The molecule has 1 saturated carbocycles. The third kappa shape index (κ3) is 4.75. The summed E-state index contributed by atoms with van der Waals surface area (Å²) >= 11 is 15.1. The average molecular weight is 515 g/mol. The maximum absolute atomic E-state index is 6.57. The number of piperidine rings is 1. The molecule has 2 fully saturated rings. The minimum absolute atomic E-state index is 0.327. The van der Waals surface area contributed by atoms with Gasteiger partial charge in [-0.3, -0.25) is 0 Å². The van der Waals surface area contributed by atoms with Gasteiger partial charge in [0.2, 0.25) is 0 Å². The Bertz CT molecular complexity index is 774. The highest BCUT2D eigenvalue weighted by Crippen LogP contribution is 2.39. The van der Waals surface area contributed by atoms with E-state index < -0.39 is 0 Å². The molecule has 27 heavy (non-hydrogen) atoms. The monoisotopic (exact) mass is 514 g/mol. The quantitative estimate of drug-likeness (QED) is 0.449. The number of nitrogens with zero attached hydrogens (tertiary/aromatic N) is 1. The molecule has 1 aliphatic heterocycles. The Morgan fingerprint density at radius 1 is 0.926 bits per heavy atom. The summed E-state index contributed by atoms with van der Waals surface area (Å²) in [7, 11) is 0. The van der Waals surface area contributed by atoms with E-state index in [-0.39, 0.29) is 0 Å². The van der Waals surface area contributed by atoms with Gasteiger partial charge in [0.15, 0.2) is 0 Å². The van der Waals surface area contributed by atoms with Crippen molar-refractivity contribution in [2.45, 2.75) is 56.7 Å². The summed E-state index contributed by atoms with van der Waals surface area (Å²) in [4.78, 5) is 2.47. The van der Waals surface area contributed by atoms with Crippen LogP contribution in [0.2, 0.25) is 10.0 Å². The molecule has 1 N–H and O–H groups in total. The van der Waals surface area contributed by atoms with E-state index in [9.17, 15) is 0 Å². The minimum atomic E-state index is 0.327. The lowest BCUT2D eigenvalue weighted by atomic mass is 9.90. The second-order valence-electron chi connectivity index (χ2n) is 7.73. The van der Waals surface area contributed by atoms with E-state index in [2.05, 4.69) is 63.1 Å². The molecule has 2 aromatic rings. The lowest BCUT2D eigenvalue weighted by Gasteiger charge is -2.42. The van der Waals surface area contributed by atoms with Gasteiger partial charge < -0.3 is 10.2 Å². The Balaban J connectivity index is 1.60. The number of anilines is 1. The van der Waals surface area contributed by atoms with Crippen LogP contribution in [0, 0.1) is 3.57 Å². The summed E-state index contributed by atoms with van der Waals surface area (Å²) in [5.41, 5.74) is 2.45. The fourth-order valence-electron chi connectivity index (χ4n) is 4.55. The second kappa shape index (κ2) is 8.89. The minimum Gasteiger partial charge on any atom is -0.363 e. The lowest BCUT2D eigenvalue weighted by molar-refractivity contribution is 0.328. The number of halogens is 3. The molecule has 2 atom stereocenters. The van der Waals surface area contributed by atoms with Gasteiger partial charge in [-0.1, -0.05) is 48.2 Å². The molecule has 0 aromatic heterocycles. The molecule has 4 rings (SSSR count). The number of nitrogens with one attached hydrogen (secondary N) is 1. The SMILES string of the molecule is Clc1ccc(N2CCC(NC3CCCC3)CC2c2ccc(I)cc2)c(Cl)c1. The maximum Gasteiger partial charge on any atom is 0.0654 e. The molecule has 2 nitrogen and oxygen atoms in total. The number of benzene rings is 2. The van der Waals surface area contributed by atoms with Crippen LogP contribution in [0.25, 0.3) is 0 Å². The largest absolute Gasteiger partial charge is 0.363 e. The Morgan fingerprint density at radius 3 is 2.37 bits per heavy atom. The first-order valence-electron chi connectivity index (χ1n) is 9.83. The van der Waals surface area contributed by atoms with Gasteiger partial charge in [0.05, 0.1) is 16.8 Å². The van der Waals surface area contributed by atoms with Crippen molar-refractivity contribution in [3.63, 3.8) is 0 Å². The summed E-state index contributed by atoms with van der Waals surface area (Å²) in [5, 5.41) is 5.37. The average Bonchev–Trinajstić information content (AvgIpc) is 3.16. The molecule has 2 unspecified atom stereocenters. The van der Waals surface area contributed by atoms with Crippen LogP contribution in [0.5, 0.6) is 0 Å². The lowest BCUT2D eigenvalue weighted by Crippen LogP contribution is -2.47. The van der Waals surface area contributed by atoms with E-state index in [0.717, 1.165) is 30.1 Å². The highest BCUT2D eigenvalue weighted by Gasteiger charge is 2.32. The third-order valence-corrected chi connectivity index (χ3v) is 7.16. The van der Waals surface area contributed by atoms with Crippen LogP contribution < -0.4 is 10.2 Å². The predicted molar refractivity (Wildman–Crippen MR) is 124 cm³/mol. The molecule has 0 spiro atoms. The standard InChI is InChI=1S/C22H25Cl2IN2/c23-16-7-10-21(20(24)13-16)27-12-11-19(26-18-3-1-2-4-18)14-22(27)15-5-8-17(25)9-6-15/h5-10,13,18-19,22,26H,1-4,11-12,14H2. The van der Waals surface area contributed by atoms with E-state index in [1.807, 2.05) is 12.1 Å². The number of rotatable bonds is 4. The molecule has 1 heterocycles. The summed E-state index contributed by atoms with van der Waals surface area (Å²) in [6.45, 7) is 1.00. The molecule has 2 aromatic carbocycles. The van der Waals surface area contributed by atoms with Crippen LogP contribution in [0.1, 0.15) is 50.1 Å². The molecule has 2 aliphatic rings. The van der Waals surface area contributed by atoms with Crippen molar-refractivity contribution in [1.29, 1.82) is 0 Å². The van der Waals surface area contributed by atoms with Gasteiger partial charge in [0.25, 0.3) is 0 Å². The van der Waals surface area contributed by atoms with Crippen LogP contribution in [0.4, 0.5) is 5.69 Å². The van der Waals surface area contributed by atoms with E-state index in [0.29, 0.717) is 23.1 Å². The van der Waals surface area contributed by atoms with Gasteiger partial charge in [0, 0.05) is 27.2 Å². The molecule has 144 valence electrons. The van der Waals surface area contributed by atoms with E-state index >= 15 is 0 Å².